The number of guanidine groups is 1. The quantitative estimate of drug-likeness (QED) is 0.519. The average Bonchev–Trinajstić information content (AvgIpc) is 3.25. The predicted molar refractivity (Wildman–Crippen MR) is 113 cm³/mol. The van der Waals surface area contributed by atoms with Gasteiger partial charge in [0.2, 0.25) is 11.9 Å². The van der Waals surface area contributed by atoms with Crippen LogP contribution in [0.4, 0.5) is 5.69 Å². The molecular formula is C22H26N4O3. The van der Waals surface area contributed by atoms with Crippen LogP contribution < -0.4 is 16.0 Å². The van der Waals surface area contributed by atoms with Crippen molar-refractivity contribution in [2.75, 3.05) is 18.5 Å². The highest BCUT2D eigenvalue weighted by Gasteiger charge is 2.16. The molecule has 0 saturated carbocycles. The molecule has 0 spiro atoms. The molecule has 0 bridgehead atoms. The van der Waals surface area contributed by atoms with E-state index in [1.54, 1.807) is 12.1 Å². The summed E-state index contributed by atoms with van der Waals surface area (Å²) in [5, 5.41) is 8.75. The Bertz CT molecular complexity index is 844. The standard InChI is InChI=1S/C22H26N4O3/c1-16(27)23-14-17-9-11-18(12-10-17)21(28)26-22(24-15-20-8-5-13-29-20)25-19-6-3-2-4-7-19/h2-4,6-7,9-12,20H,5,8,13-15H2,1H3,(H,23,27)(H2,24,25,26,28)/t20-/m0/s1. The molecule has 29 heavy (non-hydrogen) atoms. The number of ether oxygens (including phenoxy) is 1. The van der Waals surface area contributed by atoms with Gasteiger partial charge >= 0.3 is 0 Å². The third-order valence-electron chi connectivity index (χ3n) is 4.50. The number of aliphatic imine (C=N–C) groups is 1. The highest BCUT2D eigenvalue weighted by Crippen LogP contribution is 2.12. The number of nitrogens with one attached hydrogen (secondary N) is 3. The van der Waals surface area contributed by atoms with Gasteiger partial charge in [-0.05, 0) is 42.7 Å². The minimum absolute atomic E-state index is 0.0903. The van der Waals surface area contributed by atoms with Crippen LogP contribution in [0.15, 0.2) is 59.6 Å². The molecule has 1 aliphatic heterocycles. The van der Waals surface area contributed by atoms with E-state index in [1.807, 2.05) is 42.5 Å². The summed E-state index contributed by atoms with van der Waals surface area (Å²) in [7, 11) is 0. The second-order valence-electron chi connectivity index (χ2n) is 6.88. The van der Waals surface area contributed by atoms with Crippen LogP contribution in [-0.4, -0.2) is 37.0 Å². The van der Waals surface area contributed by atoms with Crippen molar-refractivity contribution in [3.63, 3.8) is 0 Å². The molecule has 1 heterocycles. The van der Waals surface area contributed by atoms with E-state index < -0.39 is 0 Å². The van der Waals surface area contributed by atoms with Crippen LogP contribution in [0.5, 0.6) is 0 Å². The second kappa shape index (κ2) is 10.4. The van der Waals surface area contributed by atoms with Gasteiger partial charge in [-0.2, -0.15) is 0 Å². The van der Waals surface area contributed by atoms with E-state index in [4.69, 9.17) is 4.74 Å². The predicted octanol–water partition coefficient (Wildman–Crippen LogP) is 2.70. The Hall–Kier alpha value is -3.19. The summed E-state index contributed by atoms with van der Waals surface area (Å²) < 4.78 is 5.62. The van der Waals surface area contributed by atoms with Gasteiger partial charge in [-0.3, -0.25) is 14.9 Å². The average molecular weight is 394 g/mol. The van der Waals surface area contributed by atoms with E-state index in [9.17, 15) is 9.59 Å². The zero-order chi connectivity index (χ0) is 20.5. The van der Waals surface area contributed by atoms with Gasteiger partial charge in [-0.15, -0.1) is 0 Å². The van der Waals surface area contributed by atoms with Crippen molar-refractivity contribution >= 4 is 23.5 Å². The SMILES string of the molecule is CC(=O)NCc1ccc(C(=O)NC(=NC[C@@H]2CCCO2)Nc2ccccc2)cc1. The number of rotatable bonds is 6. The molecule has 0 aliphatic carbocycles. The van der Waals surface area contributed by atoms with Gasteiger partial charge in [0.15, 0.2) is 0 Å². The molecule has 1 atom stereocenters. The Morgan fingerprint density at radius 1 is 1.10 bits per heavy atom. The lowest BCUT2D eigenvalue weighted by Gasteiger charge is -2.13. The number of anilines is 1. The molecule has 2 aromatic rings. The van der Waals surface area contributed by atoms with Gasteiger partial charge in [0.25, 0.3) is 5.91 Å². The van der Waals surface area contributed by atoms with Crippen LogP contribution in [0.25, 0.3) is 0 Å². The minimum Gasteiger partial charge on any atom is -0.376 e. The van der Waals surface area contributed by atoms with E-state index in [2.05, 4.69) is 20.9 Å². The fourth-order valence-corrected chi connectivity index (χ4v) is 2.93. The minimum atomic E-state index is -0.259. The maximum absolute atomic E-state index is 12.7. The van der Waals surface area contributed by atoms with Crippen molar-refractivity contribution in [2.24, 2.45) is 4.99 Å². The maximum atomic E-state index is 12.7. The first-order chi connectivity index (χ1) is 14.1. The Kier molecular flexibility index (Phi) is 7.35. The Labute approximate surface area is 170 Å². The number of hydrogen-bond acceptors (Lipinski definition) is 4. The molecule has 1 aliphatic rings. The summed E-state index contributed by atoms with van der Waals surface area (Å²) >= 11 is 0. The smallest absolute Gasteiger partial charge is 0.257 e. The number of amides is 2. The maximum Gasteiger partial charge on any atom is 0.257 e. The zero-order valence-corrected chi connectivity index (χ0v) is 16.5. The molecule has 7 nitrogen and oxygen atoms in total. The highest BCUT2D eigenvalue weighted by molar-refractivity contribution is 6.09. The third-order valence-corrected chi connectivity index (χ3v) is 4.50. The van der Waals surface area contributed by atoms with Gasteiger partial charge in [0.05, 0.1) is 12.6 Å². The van der Waals surface area contributed by atoms with Crippen molar-refractivity contribution in [3.05, 3.63) is 65.7 Å². The number of benzene rings is 2. The molecule has 2 amide bonds. The summed E-state index contributed by atoms with van der Waals surface area (Å²) in [5.41, 5.74) is 2.27. The normalized spacial score (nSPS) is 16.3. The molecule has 1 saturated heterocycles. The van der Waals surface area contributed by atoms with Crippen molar-refractivity contribution in [2.45, 2.75) is 32.4 Å². The molecule has 0 aromatic heterocycles. The van der Waals surface area contributed by atoms with Crippen molar-refractivity contribution in [3.8, 4) is 0 Å². The molecule has 152 valence electrons. The second-order valence-corrected chi connectivity index (χ2v) is 6.88. The number of nitrogens with zero attached hydrogens (tertiary/aromatic N) is 1. The monoisotopic (exact) mass is 394 g/mol. The van der Waals surface area contributed by atoms with Gasteiger partial charge in [-0.25, -0.2) is 4.99 Å². The number of carbonyl (C=O) groups excluding carboxylic acids is 2. The molecular weight excluding hydrogens is 368 g/mol. The molecule has 3 N–H and O–H groups in total. The van der Waals surface area contributed by atoms with Crippen molar-refractivity contribution < 1.29 is 14.3 Å². The summed E-state index contributed by atoms with van der Waals surface area (Å²) in [4.78, 5) is 28.2. The lowest BCUT2D eigenvalue weighted by molar-refractivity contribution is -0.119. The Morgan fingerprint density at radius 2 is 1.86 bits per heavy atom. The topological polar surface area (TPSA) is 91.8 Å². The summed E-state index contributed by atoms with van der Waals surface area (Å²) in [6.07, 6.45) is 2.11. The fraction of sp³-hybridized carbons (Fsp3) is 0.318. The van der Waals surface area contributed by atoms with E-state index in [-0.39, 0.29) is 17.9 Å². The summed E-state index contributed by atoms with van der Waals surface area (Å²) in [6.45, 7) is 3.16. The zero-order valence-electron chi connectivity index (χ0n) is 16.5. The third kappa shape index (κ3) is 6.73. The van der Waals surface area contributed by atoms with Gasteiger partial charge < -0.3 is 15.4 Å². The van der Waals surface area contributed by atoms with Crippen LogP contribution in [0.1, 0.15) is 35.7 Å². The molecule has 7 heteroatoms. The van der Waals surface area contributed by atoms with Gasteiger partial charge in [-0.1, -0.05) is 30.3 Å². The fourth-order valence-electron chi connectivity index (χ4n) is 2.93. The van der Waals surface area contributed by atoms with Crippen LogP contribution in [0.2, 0.25) is 0 Å². The molecule has 2 aromatic carbocycles. The molecule has 1 fully saturated rings. The summed E-state index contributed by atoms with van der Waals surface area (Å²) in [5.74, 6) is 0.0375. The van der Waals surface area contributed by atoms with Crippen LogP contribution in [0.3, 0.4) is 0 Å². The Balaban J connectivity index is 1.66. The van der Waals surface area contributed by atoms with Crippen molar-refractivity contribution in [1.82, 2.24) is 10.6 Å². The van der Waals surface area contributed by atoms with Crippen molar-refractivity contribution in [1.29, 1.82) is 0 Å². The largest absolute Gasteiger partial charge is 0.376 e. The van der Waals surface area contributed by atoms with Crippen LogP contribution in [-0.2, 0) is 16.1 Å². The lowest BCUT2D eigenvalue weighted by atomic mass is 10.1. The first-order valence-corrected chi connectivity index (χ1v) is 9.73. The van der Waals surface area contributed by atoms with Gasteiger partial charge in [0.1, 0.15) is 0 Å². The highest BCUT2D eigenvalue weighted by atomic mass is 16.5. The van der Waals surface area contributed by atoms with Gasteiger partial charge in [0, 0.05) is 31.3 Å². The number of hydrogen-bond donors (Lipinski definition) is 3. The van der Waals surface area contributed by atoms with E-state index in [0.717, 1.165) is 30.7 Å². The first-order valence-electron chi connectivity index (χ1n) is 9.73. The summed E-state index contributed by atoms with van der Waals surface area (Å²) in [6, 6.07) is 16.7. The van der Waals surface area contributed by atoms with E-state index in [1.165, 1.54) is 6.92 Å². The van der Waals surface area contributed by atoms with Crippen LogP contribution in [0, 0.1) is 0 Å². The van der Waals surface area contributed by atoms with E-state index >= 15 is 0 Å². The molecule has 0 unspecified atom stereocenters. The number of carbonyl (C=O) groups is 2. The van der Waals surface area contributed by atoms with Crippen LogP contribution >= 0.6 is 0 Å². The molecule has 3 rings (SSSR count). The Morgan fingerprint density at radius 3 is 2.52 bits per heavy atom. The molecule has 0 radical (unpaired) electrons. The number of para-hydroxylation sites is 1. The lowest BCUT2D eigenvalue weighted by Crippen LogP contribution is -2.36. The first kappa shape index (κ1) is 20.5. The van der Waals surface area contributed by atoms with E-state index in [0.29, 0.717) is 24.6 Å².